The van der Waals surface area contributed by atoms with Crippen LogP contribution in [-0.4, -0.2) is 37.6 Å². The highest BCUT2D eigenvalue weighted by Gasteiger charge is 2.15. The average Bonchev–Trinajstić information content (AvgIpc) is 2.11. The molecule has 0 spiro atoms. The first-order valence-corrected chi connectivity index (χ1v) is 6.71. The van der Waals surface area contributed by atoms with E-state index in [2.05, 4.69) is 23.8 Å². The molecule has 0 aromatic carbocycles. The van der Waals surface area contributed by atoms with Crippen LogP contribution in [0.2, 0.25) is 0 Å². The molecule has 3 nitrogen and oxygen atoms in total. The second-order valence-corrected chi connectivity index (χ2v) is 5.01. The molecule has 86 valence electrons. The van der Waals surface area contributed by atoms with Crippen molar-refractivity contribution >= 4 is 17.7 Å². The maximum Gasteiger partial charge on any atom is 0.246 e. The van der Waals surface area contributed by atoms with E-state index in [0.717, 1.165) is 31.0 Å². The van der Waals surface area contributed by atoms with Gasteiger partial charge in [0.1, 0.15) is 0 Å². The summed E-state index contributed by atoms with van der Waals surface area (Å²) in [5.74, 6) is 1.73. The van der Waals surface area contributed by atoms with Gasteiger partial charge in [-0.1, -0.05) is 6.92 Å². The summed E-state index contributed by atoms with van der Waals surface area (Å²) in [5, 5.41) is 6.12. The van der Waals surface area contributed by atoms with Gasteiger partial charge in [0.2, 0.25) is 5.91 Å². The number of hydrogen-bond acceptors (Lipinski definition) is 3. The molecule has 0 saturated carbocycles. The van der Waals surface area contributed by atoms with Gasteiger partial charge < -0.3 is 10.6 Å². The number of thioether (sulfide) groups is 1. The molecule has 0 aromatic heterocycles. The Balaban J connectivity index is 2.29. The van der Waals surface area contributed by atoms with Gasteiger partial charge in [0.05, 0.1) is 0 Å². The number of carbonyl (C=O) groups excluding carboxylic acids is 1. The van der Waals surface area contributed by atoms with Crippen molar-refractivity contribution in [3.8, 4) is 0 Å². The minimum atomic E-state index is 0.0967. The molecule has 4 heteroatoms. The molecule has 1 heterocycles. The van der Waals surface area contributed by atoms with Gasteiger partial charge in [0, 0.05) is 25.2 Å². The van der Waals surface area contributed by atoms with Crippen LogP contribution in [0.25, 0.3) is 0 Å². The van der Waals surface area contributed by atoms with Crippen molar-refractivity contribution in [3.63, 3.8) is 0 Å². The molecule has 15 heavy (non-hydrogen) atoms. The number of amides is 1. The van der Waals surface area contributed by atoms with E-state index in [-0.39, 0.29) is 5.91 Å². The van der Waals surface area contributed by atoms with E-state index in [0.29, 0.717) is 5.92 Å². The predicted octanol–water partition coefficient (Wildman–Crippen LogP) is 1.02. The topological polar surface area (TPSA) is 41.1 Å². The Morgan fingerprint density at radius 2 is 2.27 bits per heavy atom. The molecule has 1 aliphatic rings. The van der Waals surface area contributed by atoms with Gasteiger partial charge in [-0.25, -0.2) is 0 Å². The number of carbonyl (C=O) groups is 1. The molecule has 1 saturated heterocycles. The first-order valence-electron chi connectivity index (χ1n) is 5.31. The monoisotopic (exact) mass is 228 g/mol. The van der Waals surface area contributed by atoms with Gasteiger partial charge in [-0.05, 0) is 30.4 Å². The zero-order valence-corrected chi connectivity index (χ0v) is 10.5. The third-order valence-electron chi connectivity index (χ3n) is 2.61. The largest absolute Gasteiger partial charge is 0.352 e. The maximum atomic E-state index is 11.7. The SMILES string of the molecule is CSCC(C)CNC(=O)C(C)=C1CNC1. The van der Waals surface area contributed by atoms with E-state index in [9.17, 15) is 4.79 Å². The summed E-state index contributed by atoms with van der Waals surface area (Å²) < 4.78 is 0. The smallest absolute Gasteiger partial charge is 0.246 e. The van der Waals surface area contributed by atoms with E-state index in [1.807, 2.05) is 18.7 Å². The summed E-state index contributed by atoms with van der Waals surface area (Å²) in [6.45, 7) is 6.59. The molecule has 1 amide bonds. The van der Waals surface area contributed by atoms with Crippen molar-refractivity contribution in [1.82, 2.24) is 10.6 Å². The summed E-state index contributed by atoms with van der Waals surface area (Å²) in [6.07, 6.45) is 2.09. The average molecular weight is 228 g/mol. The lowest BCUT2D eigenvalue weighted by Gasteiger charge is -2.21. The second kappa shape index (κ2) is 6.18. The van der Waals surface area contributed by atoms with Crippen LogP contribution in [0.15, 0.2) is 11.1 Å². The normalized spacial score (nSPS) is 16.9. The van der Waals surface area contributed by atoms with Gasteiger partial charge >= 0.3 is 0 Å². The Morgan fingerprint density at radius 1 is 1.60 bits per heavy atom. The molecule has 0 radical (unpaired) electrons. The lowest BCUT2D eigenvalue weighted by Crippen LogP contribution is -2.38. The Labute approximate surface area is 96.1 Å². The molecule has 0 bridgehead atoms. The highest BCUT2D eigenvalue weighted by Crippen LogP contribution is 2.09. The second-order valence-electron chi connectivity index (χ2n) is 4.10. The molecule has 1 fully saturated rings. The van der Waals surface area contributed by atoms with Crippen LogP contribution in [0.5, 0.6) is 0 Å². The Hall–Kier alpha value is -0.480. The molecule has 2 N–H and O–H groups in total. The van der Waals surface area contributed by atoms with Crippen LogP contribution in [0.4, 0.5) is 0 Å². The number of nitrogens with one attached hydrogen (secondary N) is 2. The molecular weight excluding hydrogens is 208 g/mol. The van der Waals surface area contributed by atoms with Gasteiger partial charge in [-0.15, -0.1) is 0 Å². The highest BCUT2D eigenvalue weighted by atomic mass is 32.2. The van der Waals surface area contributed by atoms with Crippen molar-refractivity contribution in [2.24, 2.45) is 5.92 Å². The van der Waals surface area contributed by atoms with Crippen LogP contribution in [-0.2, 0) is 4.79 Å². The highest BCUT2D eigenvalue weighted by molar-refractivity contribution is 7.98. The van der Waals surface area contributed by atoms with E-state index < -0.39 is 0 Å². The Bertz CT molecular complexity index is 257. The third kappa shape index (κ3) is 3.87. The lowest BCUT2D eigenvalue weighted by atomic mass is 10.0. The molecular formula is C11H20N2OS. The van der Waals surface area contributed by atoms with Crippen LogP contribution < -0.4 is 10.6 Å². The molecule has 1 rings (SSSR count). The molecule has 1 atom stereocenters. The van der Waals surface area contributed by atoms with Gasteiger partial charge in [-0.2, -0.15) is 11.8 Å². The zero-order valence-electron chi connectivity index (χ0n) is 9.72. The number of rotatable bonds is 5. The summed E-state index contributed by atoms with van der Waals surface area (Å²) in [4.78, 5) is 11.7. The minimum absolute atomic E-state index is 0.0967. The van der Waals surface area contributed by atoms with E-state index in [1.165, 1.54) is 5.57 Å². The van der Waals surface area contributed by atoms with Crippen molar-refractivity contribution in [3.05, 3.63) is 11.1 Å². The van der Waals surface area contributed by atoms with Gasteiger partial charge in [0.15, 0.2) is 0 Å². The summed E-state index contributed by atoms with van der Waals surface area (Å²) in [7, 11) is 0. The van der Waals surface area contributed by atoms with Crippen molar-refractivity contribution in [2.45, 2.75) is 13.8 Å². The van der Waals surface area contributed by atoms with E-state index >= 15 is 0 Å². The first kappa shape index (κ1) is 12.6. The molecule has 0 aliphatic carbocycles. The van der Waals surface area contributed by atoms with Crippen LogP contribution in [0.3, 0.4) is 0 Å². The summed E-state index contributed by atoms with van der Waals surface area (Å²) in [6, 6.07) is 0. The van der Waals surface area contributed by atoms with Crippen LogP contribution in [0.1, 0.15) is 13.8 Å². The summed E-state index contributed by atoms with van der Waals surface area (Å²) >= 11 is 1.82. The molecule has 1 aliphatic heterocycles. The maximum absolute atomic E-state index is 11.7. The van der Waals surface area contributed by atoms with E-state index in [4.69, 9.17) is 0 Å². The van der Waals surface area contributed by atoms with Crippen molar-refractivity contribution < 1.29 is 4.79 Å². The van der Waals surface area contributed by atoms with Crippen LogP contribution in [0, 0.1) is 5.92 Å². The Kier molecular flexibility index (Phi) is 5.19. The van der Waals surface area contributed by atoms with Gasteiger partial charge in [0.25, 0.3) is 0 Å². The quantitative estimate of drug-likeness (QED) is 0.690. The fourth-order valence-corrected chi connectivity index (χ4v) is 2.11. The molecule has 1 unspecified atom stereocenters. The first-order chi connectivity index (χ1) is 7.15. The van der Waals surface area contributed by atoms with Crippen LogP contribution >= 0.6 is 11.8 Å². The predicted molar refractivity (Wildman–Crippen MR) is 66.1 cm³/mol. The number of hydrogen-bond donors (Lipinski definition) is 2. The zero-order chi connectivity index (χ0) is 11.3. The lowest BCUT2D eigenvalue weighted by molar-refractivity contribution is -0.117. The Morgan fingerprint density at radius 3 is 2.73 bits per heavy atom. The minimum Gasteiger partial charge on any atom is -0.352 e. The fraction of sp³-hybridized carbons (Fsp3) is 0.727. The fourth-order valence-electron chi connectivity index (χ4n) is 1.42. The van der Waals surface area contributed by atoms with Crippen molar-refractivity contribution in [1.29, 1.82) is 0 Å². The van der Waals surface area contributed by atoms with Crippen molar-refractivity contribution in [2.75, 3.05) is 31.6 Å². The third-order valence-corrected chi connectivity index (χ3v) is 3.51. The molecule has 0 aromatic rings. The summed E-state index contributed by atoms with van der Waals surface area (Å²) in [5.41, 5.74) is 2.13. The van der Waals surface area contributed by atoms with Gasteiger partial charge in [-0.3, -0.25) is 4.79 Å². The standard InChI is InChI=1S/C11H20N2OS/c1-8(7-15-3)4-13-11(14)9(2)10-5-12-6-10/h8,12H,4-7H2,1-3H3,(H,13,14). The van der Waals surface area contributed by atoms with E-state index in [1.54, 1.807) is 0 Å².